The number of urea groups is 1. The number of carboxylic acid groups (broad SMARTS) is 1. The number of hydrogen-bond acceptors (Lipinski definition) is 3. The first-order valence-electron chi connectivity index (χ1n) is 6.40. The molecule has 6 heteroatoms. The van der Waals surface area contributed by atoms with Gasteiger partial charge in [-0.25, -0.2) is 9.59 Å². The number of nitrogens with zero attached hydrogens (tertiary/aromatic N) is 2. The van der Waals surface area contributed by atoms with Crippen LogP contribution >= 0.6 is 11.8 Å². The van der Waals surface area contributed by atoms with E-state index < -0.39 is 12.0 Å². The van der Waals surface area contributed by atoms with Gasteiger partial charge in [-0.2, -0.15) is 0 Å². The van der Waals surface area contributed by atoms with Crippen molar-refractivity contribution in [2.45, 2.75) is 38.8 Å². The summed E-state index contributed by atoms with van der Waals surface area (Å²) in [6.07, 6.45) is 2.05. The van der Waals surface area contributed by atoms with Crippen LogP contribution in [-0.2, 0) is 4.79 Å². The molecule has 18 heavy (non-hydrogen) atoms. The number of hydrogen-bond donors (Lipinski definition) is 1. The second kappa shape index (κ2) is 5.38. The molecule has 2 heterocycles. The van der Waals surface area contributed by atoms with E-state index in [-0.39, 0.29) is 12.1 Å². The minimum Gasteiger partial charge on any atom is -0.480 e. The lowest BCUT2D eigenvalue weighted by atomic mass is 10.0. The van der Waals surface area contributed by atoms with Gasteiger partial charge in [-0.15, -0.1) is 11.8 Å². The predicted octanol–water partition coefficient (Wildman–Crippen LogP) is 1.69. The molecule has 2 unspecified atom stereocenters. The lowest BCUT2D eigenvalue weighted by molar-refractivity contribution is -0.141. The second-order valence-corrected chi connectivity index (χ2v) is 6.25. The summed E-state index contributed by atoms with van der Waals surface area (Å²) < 4.78 is 0. The van der Waals surface area contributed by atoms with Crippen LogP contribution in [0.15, 0.2) is 0 Å². The Morgan fingerprint density at radius 1 is 1.33 bits per heavy atom. The molecule has 2 rings (SSSR count). The van der Waals surface area contributed by atoms with Gasteiger partial charge in [0.05, 0.1) is 5.88 Å². The Labute approximate surface area is 112 Å². The molecule has 0 bridgehead atoms. The van der Waals surface area contributed by atoms with E-state index in [0.717, 1.165) is 19.4 Å². The molecule has 0 spiro atoms. The summed E-state index contributed by atoms with van der Waals surface area (Å²) in [5, 5.41) is 9.12. The van der Waals surface area contributed by atoms with Crippen molar-refractivity contribution < 1.29 is 14.7 Å². The Hall–Kier alpha value is -0.910. The molecule has 0 aromatic carbocycles. The monoisotopic (exact) mass is 272 g/mol. The van der Waals surface area contributed by atoms with Crippen LogP contribution in [0.4, 0.5) is 4.79 Å². The fourth-order valence-electron chi connectivity index (χ4n) is 2.72. The van der Waals surface area contributed by atoms with Crippen molar-refractivity contribution in [2.75, 3.05) is 18.2 Å². The first-order valence-corrected chi connectivity index (χ1v) is 7.55. The number of carbonyl (C=O) groups is 2. The van der Waals surface area contributed by atoms with Gasteiger partial charge in [-0.3, -0.25) is 0 Å². The van der Waals surface area contributed by atoms with E-state index in [4.69, 9.17) is 5.11 Å². The van der Waals surface area contributed by atoms with E-state index in [2.05, 4.69) is 13.8 Å². The van der Waals surface area contributed by atoms with Crippen LogP contribution in [0.1, 0.15) is 26.7 Å². The lowest BCUT2D eigenvalue weighted by Gasteiger charge is -2.32. The molecule has 2 aliphatic rings. The van der Waals surface area contributed by atoms with Crippen molar-refractivity contribution in [3.8, 4) is 0 Å². The molecule has 5 nitrogen and oxygen atoms in total. The number of amides is 2. The number of thioether (sulfide) groups is 1. The Bertz CT molecular complexity index is 348. The van der Waals surface area contributed by atoms with Crippen molar-refractivity contribution in [2.24, 2.45) is 5.92 Å². The smallest absolute Gasteiger partial charge is 0.327 e. The maximum absolute atomic E-state index is 12.5. The highest BCUT2D eigenvalue weighted by Crippen LogP contribution is 2.28. The fourth-order valence-corrected chi connectivity index (χ4v) is 3.86. The molecular weight excluding hydrogens is 252 g/mol. The average molecular weight is 272 g/mol. The molecule has 2 amide bonds. The zero-order valence-corrected chi connectivity index (χ0v) is 11.7. The van der Waals surface area contributed by atoms with Crippen molar-refractivity contribution in [1.29, 1.82) is 0 Å². The Morgan fingerprint density at radius 2 is 2.06 bits per heavy atom. The number of rotatable bonds is 2. The van der Waals surface area contributed by atoms with E-state index in [9.17, 15) is 9.59 Å². The average Bonchev–Trinajstić information content (AvgIpc) is 2.97. The molecule has 2 aliphatic heterocycles. The van der Waals surface area contributed by atoms with E-state index in [1.807, 2.05) is 4.90 Å². The van der Waals surface area contributed by atoms with E-state index in [1.54, 1.807) is 0 Å². The molecule has 0 aromatic rings. The van der Waals surface area contributed by atoms with E-state index in [0.29, 0.717) is 17.5 Å². The summed E-state index contributed by atoms with van der Waals surface area (Å²) >= 11 is 1.51. The highest BCUT2D eigenvalue weighted by Gasteiger charge is 2.40. The molecular formula is C12H20N2O3S. The van der Waals surface area contributed by atoms with E-state index in [1.165, 1.54) is 16.7 Å². The van der Waals surface area contributed by atoms with Gasteiger partial charge in [-0.05, 0) is 18.8 Å². The zero-order valence-electron chi connectivity index (χ0n) is 10.8. The Balaban J connectivity index is 2.08. The van der Waals surface area contributed by atoms with Crippen LogP contribution in [0.2, 0.25) is 0 Å². The standard InChI is InChI=1S/C12H20N2O3S/c1-8(2)9-4-3-5-13(9)12(17)14-7-18-6-10(14)11(15)16/h8-10H,3-7H2,1-2H3,(H,15,16). The second-order valence-electron chi connectivity index (χ2n) is 5.25. The summed E-state index contributed by atoms with van der Waals surface area (Å²) in [7, 11) is 0. The van der Waals surface area contributed by atoms with Crippen molar-refractivity contribution in [3.63, 3.8) is 0 Å². The third kappa shape index (κ3) is 2.43. The molecule has 0 radical (unpaired) electrons. The third-order valence-electron chi connectivity index (χ3n) is 3.73. The summed E-state index contributed by atoms with van der Waals surface area (Å²) in [5.41, 5.74) is 0. The highest BCUT2D eigenvalue weighted by molar-refractivity contribution is 7.99. The van der Waals surface area contributed by atoms with Gasteiger partial charge in [0.25, 0.3) is 0 Å². The molecule has 2 fully saturated rings. The molecule has 0 aromatic heterocycles. The molecule has 2 saturated heterocycles. The van der Waals surface area contributed by atoms with Crippen molar-refractivity contribution in [3.05, 3.63) is 0 Å². The minimum absolute atomic E-state index is 0.0939. The largest absolute Gasteiger partial charge is 0.480 e. The zero-order chi connectivity index (χ0) is 13.3. The summed E-state index contributed by atoms with van der Waals surface area (Å²) in [6.45, 7) is 4.99. The van der Waals surface area contributed by atoms with Crippen molar-refractivity contribution >= 4 is 23.8 Å². The SMILES string of the molecule is CC(C)C1CCCN1C(=O)N1CSCC1C(=O)O. The van der Waals surface area contributed by atoms with Gasteiger partial charge in [-0.1, -0.05) is 13.8 Å². The van der Waals surface area contributed by atoms with Crippen molar-refractivity contribution in [1.82, 2.24) is 9.80 Å². The number of carboxylic acids is 1. The fraction of sp³-hybridized carbons (Fsp3) is 0.833. The predicted molar refractivity (Wildman–Crippen MR) is 70.5 cm³/mol. The van der Waals surface area contributed by atoms with Gasteiger partial charge in [0.2, 0.25) is 0 Å². The first kappa shape index (κ1) is 13.5. The number of likely N-dealkylation sites (tertiary alicyclic amines) is 1. The van der Waals surface area contributed by atoms with Crippen LogP contribution in [0.25, 0.3) is 0 Å². The Morgan fingerprint density at radius 3 is 2.67 bits per heavy atom. The first-order chi connectivity index (χ1) is 8.52. The normalized spacial score (nSPS) is 28.2. The molecule has 0 saturated carbocycles. The van der Waals surface area contributed by atoms with Crippen LogP contribution in [0.5, 0.6) is 0 Å². The topological polar surface area (TPSA) is 60.9 Å². The van der Waals surface area contributed by atoms with Crippen LogP contribution in [0.3, 0.4) is 0 Å². The molecule has 102 valence electrons. The van der Waals surface area contributed by atoms with Gasteiger partial charge >= 0.3 is 12.0 Å². The maximum Gasteiger partial charge on any atom is 0.327 e. The summed E-state index contributed by atoms with van der Waals surface area (Å²) in [4.78, 5) is 26.9. The van der Waals surface area contributed by atoms with Gasteiger partial charge in [0, 0.05) is 18.3 Å². The molecule has 2 atom stereocenters. The summed E-state index contributed by atoms with van der Waals surface area (Å²) in [5.74, 6) is 0.530. The minimum atomic E-state index is -0.895. The van der Waals surface area contributed by atoms with Crippen LogP contribution in [-0.4, -0.2) is 57.2 Å². The highest BCUT2D eigenvalue weighted by atomic mass is 32.2. The number of aliphatic carboxylic acids is 1. The van der Waals surface area contributed by atoms with Gasteiger partial charge < -0.3 is 14.9 Å². The maximum atomic E-state index is 12.5. The van der Waals surface area contributed by atoms with Crippen LogP contribution < -0.4 is 0 Å². The molecule has 1 N–H and O–H groups in total. The lowest BCUT2D eigenvalue weighted by Crippen LogP contribution is -2.51. The van der Waals surface area contributed by atoms with E-state index >= 15 is 0 Å². The van der Waals surface area contributed by atoms with Crippen LogP contribution in [0, 0.1) is 5.92 Å². The third-order valence-corrected chi connectivity index (χ3v) is 4.74. The quantitative estimate of drug-likeness (QED) is 0.831. The Kier molecular flexibility index (Phi) is 4.04. The summed E-state index contributed by atoms with van der Waals surface area (Å²) in [6, 6.07) is -0.489. The van der Waals surface area contributed by atoms with Gasteiger partial charge in [0.15, 0.2) is 0 Å². The van der Waals surface area contributed by atoms with Gasteiger partial charge in [0.1, 0.15) is 6.04 Å². The number of carbonyl (C=O) groups excluding carboxylic acids is 1. The molecule has 0 aliphatic carbocycles.